The molecule has 0 aliphatic heterocycles. The van der Waals surface area contributed by atoms with Crippen LogP contribution >= 0.6 is 11.8 Å². The van der Waals surface area contributed by atoms with Crippen LogP contribution in [0, 0.1) is 24.5 Å². The lowest BCUT2D eigenvalue weighted by atomic mass is 9.96. The van der Waals surface area contributed by atoms with E-state index < -0.39 is 11.6 Å². The maximum Gasteiger partial charge on any atom is 0.153 e. The van der Waals surface area contributed by atoms with Crippen LogP contribution in [0.2, 0.25) is 0 Å². The summed E-state index contributed by atoms with van der Waals surface area (Å²) in [4.78, 5) is 6.91. The molecule has 0 atom stereocenters. The Morgan fingerprint density at radius 3 is 2.56 bits per heavy atom. The van der Waals surface area contributed by atoms with Gasteiger partial charge in [0.1, 0.15) is 17.3 Å². The van der Waals surface area contributed by atoms with E-state index in [1.165, 1.54) is 28.8 Å². The monoisotopic (exact) mass is 581 g/mol. The van der Waals surface area contributed by atoms with Crippen molar-refractivity contribution in [3.05, 3.63) is 71.0 Å². The summed E-state index contributed by atoms with van der Waals surface area (Å²) >= 11 is 1.29. The van der Waals surface area contributed by atoms with Crippen molar-refractivity contribution in [3.63, 3.8) is 0 Å². The SMILES string of the molecule is C=C(/C(=C(\N=C(/C)N(C)c1c(F)cc(SC)cc1F)Nc1cc(C2CC2)[nH]n1)C1CC1)c1cn(CCOC)nc1C. The van der Waals surface area contributed by atoms with Gasteiger partial charge in [-0.15, -0.1) is 11.8 Å². The molecular formula is C30H37F2N7OS. The molecule has 0 saturated heterocycles. The molecule has 8 nitrogen and oxygen atoms in total. The van der Waals surface area contributed by atoms with E-state index in [0.29, 0.717) is 41.4 Å². The van der Waals surface area contributed by atoms with Gasteiger partial charge in [0.25, 0.3) is 0 Å². The zero-order chi connectivity index (χ0) is 29.3. The molecule has 2 aliphatic rings. The van der Waals surface area contributed by atoms with Crippen LogP contribution in [0.5, 0.6) is 0 Å². The second-order valence-electron chi connectivity index (χ2n) is 10.7. The number of rotatable bonds is 12. The predicted octanol–water partition coefficient (Wildman–Crippen LogP) is 6.74. The van der Waals surface area contributed by atoms with Crippen molar-refractivity contribution in [1.82, 2.24) is 20.0 Å². The van der Waals surface area contributed by atoms with Gasteiger partial charge in [0, 0.05) is 54.1 Å². The molecule has 0 amide bonds. The van der Waals surface area contributed by atoms with Gasteiger partial charge < -0.3 is 15.0 Å². The number of aliphatic imine (C=N–C) groups is 1. The van der Waals surface area contributed by atoms with Crippen LogP contribution in [0.15, 0.2) is 52.3 Å². The second kappa shape index (κ2) is 12.2. The van der Waals surface area contributed by atoms with Crippen LogP contribution in [-0.2, 0) is 11.3 Å². The Morgan fingerprint density at radius 2 is 1.95 bits per heavy atom. The lowest BCUT2D eigenvalue weighted by Gasteiger charge is -2.22. The highest BCUT2D eigenvalue weighted by molar-refractivity contribution is 7.98. The molecule has 2 aliphatic carbocycles. The number of hydrogen-bond donors (Lipinski definition) is 2. The first-order chi connectivity index (χ1) is 19.7. The summed E-state index contributed by atoms with van der Waals surface area (Å²) in [6.45, 7) is 9.37. The Kier molecular flexibility index (Phi) is 8.65. The highest BCUT2D eigenvalue weighted by Crippen LogP contribution is 2.45. The third-order valence-corrected chi connectivity index (χ3v) is 8.25. The molecule has 0 bridgehead atoms. The Hall–Kier alpha value is -3.44. The number of aromatic amines is 1. The summed E-state index contributed by atoms with van der Waals surface area (Å²) < 4.78 is 37.2. The molecule has 0 spiro atoms. The fourth-order valence-electron chi connectivity index (χ4n) is 4.87. The van der Waals surface area contributed by atoms with Gasteiger partial charge in [-0.05, 0) is 69.4 Å². The maximum absolute atomic E-state index is 15.0. The molecule has 5 rings (SSSR count). The summed E-state index contributed by atoms with van der Waals surface area (Å²) in [5.41, 5.74) is 4.48. The minimum atomic E-state index is -0.641. The van der Waals surface area contributed by atoms with Crippen LogP contribution in [0.3, 0.4) is 0 Å². The van der Waals surface area contributed by atoms with Crippen molar-refractivity contribution in [2.45, 2.75) is 56.9 Å². The summed E-state index contributed by atoms with van der Waals surface area (Å²) in [6.07, 6.45) is 8.05. The van der Waals surface area contributed by atoms with Crippen molar-refractivity contribution in [3.8, 4) is 0 Å². The van der Waals surface area contributed by atoms with E-state index in [2.05, 4.69) is 27.2 Å². The van der Waals surface area contributed by atoms with E-state index in [9.17, 15) is 0 Å². The van der Waals surface area contributed by atoms with Crippen LogP contribution < -0.4 is 10.2 Å². The number of anilines is 2. The first kappa shape index (κ1) is 29.1. The van der Waals surface area contributed by atoms with Crippen LogP contribution in [0.4, 0.5) is 20.3 Å². The molecule has 2 heterocycles. The number of allylic oxidation sites excluding steroid dienone is 2. The molecule has 41 heavy (non-hydrogen) atoms. The van der Waals surface area contributed by atoms with Crippen molar-refractivity contribution in [2.24, 2.45) is 10.9 Å². The zero-order valence-corrected chi connectivity index (χ0v) is 25.0. The van der Waals surface area contributed by atoms with Crippen molar-refractivity contribution in [1.29, 1.82) is 0 Å². The van der Waals surface area contributed by atoms with Crippen LogP contribution in [0.25, 0.3) is 5.57 Å². The number of H-pyrrole nitrogens is 1. The molecule has 0 unspecified atom stereocenters. The quantitative estimate of drug-likeness (QED) is 0.107. The van der Waals surface area contributed by atoms with E-state index in [1.54, 1.807) is 27.3 Å². The van der Waals surface area contributed by atoms with Crippen molar-refractivity contribution >= 4 is 34.7 Å². The molecule has 2 aromatic heterocycles. The molecule has 2 N–H and O–H groups in total. The molecule has 11 heteroatoms. The van der Waals surface area contributed by atoms with Gasteiger partial charge in [-0.25, -0.2) is 13.8 Å². The average molecular weight is 582 g/mol. The first-order valence-corrected chi connectivity index (χ1v) is 15.0. The lowest BCUT2D eigenvalue weighted by molar-refractivity contribution is 0.183. The third-order valence-electron chi connectivity index (χ3n) is 7.54. The molecule has 218 valence electrons. The fourth-order valence-corrected chi connectivity index (χ4v) is 5.32. The number of thioether (sulfide) groups is 1. The second-order valence-corrected chi connectivity index (χ2v) is 11.5. The third kappa shape index (κ3) is 6.56. The number of nitrogens with zero attached hydrogens (tertiary/aromatic N) is 5. The van der Waals surface area contributed by atoms with E-state index in [4.69, 9.17) is 9.73 Å². The van der Waals surface area contributed by atoms with Crippen LogP contribution in [0.1, 0.15) is 55.5 Å². The number of amidine groups is 1. The van der Waals surface area contributed by atoms with Gasteiger partial charge in [0.15, 0.2) is 17.5 Å². The fraction of sp³-hybridized carbons (Fsp3) is 0.433. The predicted molar refractivity (Wildman–Crippen MR) is 161 cm³/mol. The average Bonchev–Trinajstić information content (AvgIpc) is 3.87. The molecule has 3 aromatic rings. The summed E-state index contributed by atoms with van der Waals surface area (Å²) in [5, 5.41) is 15.7. The lowest BCUT2D eigenvalue weighted by Crippen LogP contribution is -2.26. The molecular weight excluding hydrogens is 544 g/mol. The van der Waals surface area contributed by atoms with E-state index >= 15 is 8.78 Å². The summed E-state index contributed by atoms with van der Waals surface area (Å²) in [7, 11) is 3.28. The summed E-state index contributed by atoms with van der Waals surface area (Å²) in [5.74, 6) is 1.08. The van der Waals surface area contributed by atoms with Gasteiger partial charge in [-0.1, -0.05) is 6.58 Å². The van der Waals surface area contributed by atoms with Gasteiger partial charge in [-0.3, -0.25) is 9.78 Å². The minimum absolute atomic E-state index is 0.152. The smallest absolute Gasteiger partial charge is 0.153 e. The van der Waals surface area contributed by atoms with E-state index in [1.807, 2.05) is 23.9 Å². The molecule has 1 aromatic carbocycles. The van der Waals surface area contributed by atoms with Gasteiger partial charge in [0.2, 0.25) is 0 Å². The van der Waals surface area contributed by atoms with Gasteiger partial charge >= 0.3 is 0 Å². The number of methoxy groups -OCH3 is 1. The number of benzene rings is 1. The topological polar surface area (TPSA) is 83.4 Å². The van der Waals surface area contributed by atoms with Crippen LogP contribution in [-0.4, -0.2) is 52.8 Å². The Bertz CT molecular complexity index is 1480. The minimum Gasteiger partial charge on any atom is -0.383 e. The highest BCUT2D eigenvalue weighted by atomic mass is 32.2. The number of halogens is 2. The Balaban J connectivity index is 1.56. The maximum atomic E-state index is 15.0. The number of hydrogen-bond acceptors (Lipinski definition) is 6. The summed E-state index contributed by atoms with van der Waals surface area (Å²) in [6, 6.07) is 4.69. The number of aryl methyl sites for hydroxylation is 1. The standard InChI is InChI=1S/C30H37F2N7OS/c1-17(23-16-39(11-12-40-5)37-18(23)2)28(21-9-10-21)30(34-27-15-26(35-36-27)20-7-8-20)33-19(3)38(4)29-24(31)13-22(41-6)14-25(29)32/h13-16,20-21H,1,7-12H2,2-6H3,(H2,34,35,36)/b30-28-,33-19+. The van der Waals surface area contributed by atoms with Gasteiger partial charge in [-0.2, -0.15) is 10.2 Å². The number of nitrogens with one attached hydrogen (secondary N) is 2. The molecule has 0 radical (unpaired) electrons. The Morgan fingerprint density at radius 1 is 1.24 bits per heavy atom. The number of ether oxygens (including phenoxy) is 1. The molecule has 2 saturated carbocycles. The largest absolute Gasteiger partial charge is 0.383 e. The highest BCUT2D eigenvalue weighted by Gasteiger charge is 2.33. The van der Waals surface area contributed by atoms with Gasteiger partial charge in [0.05, 0.1) is 18.8 Å². The van der Waals surface area contributed by atoms with E-state index in [-0.39, 0.29) is 11.6 Å². The number of aromatic nitrogens is 4. The normalized spacial score (nSPS) is 16.1. The Labute approximate surface area is 244 Å². The first-order valence-electron chi connectivity index (χ1n) is 13.8. The van der Waals surface area contributed by atoms with E-state index in [0.717, 1.165) is 53.8 Å². The molecule has 2 fully saturated rings. The zero-order valence-electron chi connectivity index (χ0n) is 24.2. The van der Waals surface area contributed by atoms with Crippen molar-refractivity contribution < 1.29 is 13.5 Å². The van der Waals surface area contributed by atoms with Crippen molar-refractivity contribution in [2.75, 3.05) is 37.2 Å².